The van der Waals surface area contributed by atoms with E-state index in [0.29, 0.717) is 11.1 Å². The lowest BCUT2D eigenvalue weighted by Gasteiger charge is -2.16. The van der Waals surface area contributed by atoms with Crippen molar-refractivity contribution in [1.29, 1.82) is 0 Å². The molecule has 0 atom stereocenters. The van der Waals surface area contributed by atoms with Gasteiger partial charge in [-0.2, -0.15) is 0 Å². The smallest absolute Gasteiger partial charge is 0.408 e. The highest BCUT2D eigenvalue weighted by molar-refractivity contribution is 7.89. The first-order chi connectivity index (χ1) is 10.5. The first kappa shape index (κ1) is 15.3. The van der Waals surface area contributed by atoms with Gasteiger partial charge in [-0.15, -0.1) is 0 Å². The number of oxazole rings is 1. The molecule has 7 heteroatoms. The summed E-state index contributed by atoms with van der Waals surface area (Å²) in [6.07, 6.45) is 6.21. The fourth-order valence-electron chi connectivity index (χ4n) is 2.96. The molecule has 1 heterocycles. The van der Waals surface area contributed by atoms with E-state index >= 15 is 0 Å². The van der Waals surface area contributed by atoms with Crippen molar-refractivity contribution < 1.29 is 12.8 Å². The first-order valence-corrected chi connectivity index (χ1v) is 9.07. The van der Waals surface area contributed by atoms with Gasteiger partial charge in [0.15, 0.2) is 5.58 Å². The molecule has 22 heavy (non-hydrogen) atoms. The summed E-state index contributed by atoms with van der Waals surface area (Å²) in [6.45, 7) is 0. The third kappa shape index (κ3) is 2.96. The van der Waals surface area contributed by atoms with Crippen LogP contribution >= 0.6 is 0 Å². The zero-order chi connectivity index (χ0) is 15.7. The first-order valence-electron chi connectivity index (χ1n) is 7.59. The number of sulfonamides is 1. The Kier molecular flexibility index (Phi) is 4.10. The highest BCUT2D eigenvalue weighted by Gasteiger charge is 2.22. The van der Waals surface area contributed by atoms with Crippen LogP contribution in [0.5, 0.6) is 0 Å². The third-order valence-corrected chi connectivity index (χ3v) is 5.77. The largest absolute Gasteiger partial charge is 0.419 e. The van der Waals surface area contributed by atoms with Crippen molar-refractivity contribution in [2.45, 2.75) is 49.5 Å². The molecule has 0 radical (unpaired) electrons. The molecule has 1 fully saturated rings. The van der Waals surface area contributed by atoms with Crippen LogP contribution in [0.25, 0.3) is 11.1 Å². The van der Waals surface area contributed by atoms with E-state index in [1.807, 2.05) is 0 Å². The van der Waals surface area contributed by atoms with E-state index in [9.17, 15) is 13.2 Å². The van der Waals surface area contributed by atoms with Gasteiger partial charge in [0.05, 0.1) is 10.4 Å². The Balaban J connectivity index is 1.91. The van der Waals surface area contributed by atoms with Gasteiger partial charge >= 0.3 is 5.76 Å². The average molecular weight is 324 g/mol. The number of hydrogen-bond acceptors (Lipinski definition) is 4. The fraction of sp³-hybridized carbons (Fsp3) is 0.533. The number of fused-ring (bicyclic) bond motifs is 1. The topological polar surface area (TPSA) is 81.3 Å². The van der Waals surface area contributed by atoms with E-state index in [2.05, 4.69) is 4.72 Å². The van der Waals surface area contributed by atoms with Crippen molar-refractivity contribution in [3.05, 3.63) is 28.7 Å². The number of aryl methyl sites for hydroxylation is 1. The van der Waals surface area contributed by atoms with Crippen molar-refractivity contribution in [1.82, 2.24) is 9.29 Å². The second-order valence-corrected chi connectivity index (χ2v) is 7.58. The summed E-state index contributed by atoms with van der Waals surface area (Å²) >= 11 is 0. The lowest BCUT2D eigenvalue weighted by molar-refractivity contribution is 0.510. The lowest BCUT2D eigenvalue weighted by Crippen LogP contribution is -2.34. The molecule has 1 aromatic heterocycles. The molecule has 1 aliphatic rings. The Hall–Kier alpha value is -1.60. The van der Waals surface area contributed by atoms with Crippen molar-refractivity contribution >= 4 is 21.1 Å². The number of nitrogens with zero attached hydrogens (tertiary/aromatic N) is 1. The predicted octanol–water partition coefficient (Wildman–Crippen LogP) is 2.13. The van der Waals surface area contributed by atoms with Gasteiger partial charge < -0.3 is 4.42 Å². The predicted molar refractivity (Wildman–Crippen MR) is 83.3 cm³/mol. The molecule has 2 aromatic rings. The third-order valence-electron chi connectivity index (χ3n) is 4.25. The van der Waals surface area contributed by atoms with Gasteiger partial charge in [0, 0.05) is 13.1 Å². The van der Waals surface area contributed by atoms with Crippen molar-refractivity contribution in [2.24, 2.45) is 7.05 Å². The maximum absolute atomic E-state index is 12.5. The number of rotatable bonds is 3. The van der Waals surface area contributed by atoms with E-state index < -0.39 is 15.8 Å². The standard InChI is InChI=1S/C15H20N2O4S/c1-17-13-10-12(8-9-14(13)21-15(17)18)22(19,20)16-11-6-4-2-3-5-7-11/h8-11,16H,2-7H2,1H3. The highest BCUT2D eigenvalue weighted by Crippen LogP contribution is 2.21. The summed E-state index contributed by atoms with van der Waals surface area (Å²) in [4.78, 5) is 11.7. The molecule has 0 aliphatic heterocycles. The zero-order valence-corrected chi connectivity index (χ0v) is 13.4. The molecule has 0 saturated heterocycles. The van der Waals surface area contributed by atoms with Crippen molar-refractivity contribution in [3.8, 4) is 0 Å². The van der Waals surface area contributed by atoms with Crippen LogP contribution in [0, 0.1) is 0 Å². The summed E-state index contributed by atoms with van der Waals surface area (Å²) in [7, 11) is -2.02. The molecular weight excluding hydrogens is 304 g/mol. The lowest BCUT2D eigenvalue weighted by atomic mass is 10.1. The van der Waals surface area contributed by atoms with Crippen molar-refractivity contribution in [2.75, 3.05) is 0 Å². The summed E-state index contributed by atoms with van der Waals surface area (Å²) in [6, 6.07) is 4.48. The Bertz CT molecular complexity index is 827. The molecule has 0 spiro atoms. The molecule has 1 aromatic carbocycles. The monoisotopic (exact) mass is 324 g/mol. The van der Waals surface area contributed by atoms with Crippen LogP contribution in [-0.4, -0.2) is 19.0 Å². The van der Waals surface area contributed by atoms with Crippen LogP contribution in [0.2, 0.25) is 0 Å². The van der Waals surface area contributed by atoms with Crippen LogP contribution in [0.4, 0.5) is 0 Å². The Morgan fingerprint density at radius 2 is 1.86 bits per heavy atom. The highest BCUT2D eigenvalue weighted by atomic mass is 32.2. The van der Waals surface area contributed by atoms with Gasteiger partial charge in [-0.25, -0.2) is 17.9 Å². The molecule has 1 N–H and O–H groups in total. The van der Waals surface area contributed by atoms with Crippen LogP contribution in [0.15, 0.2) is 32.3 Å². The molecule has 0 unspecified atom stereocenters. The van der Waals surface area contributed by atoms with Gasteiger partial charge in [0.2, 0.25) is 10.0 Å². The Morgan fingerprint density at radius 3 is 2.55 bits per heavy atom. The minimum absolute atomic E-state index is 0.00336. The van der Waals surface area contributed by atoms with Gasteiger partial charge in [-0.1, -0.05) is 25.7 Å². The molecule has 0 bridgehead atoms. The molecule has 6 nitrogen and oxygen atoms in total. The average Bonchev–Trinajstić information content (AvgIpc) is 2.67. The second-order valence-electron chi connectivity index (χ2n) is 5.87. The normalized spacial score (nSPS) is 17.7. The van der Waals surface area contributed by atoms with Gasteiger partial charge in [0.25, 0.3) is 0 Å². The van der Waals surface area contributed by atoms with Gasteiger partial charge in [0.1, 0.15) is 0 Å². The number of hydrogen-bond donors (Lipinski definition) is 1. The zero-order valence-electron chi connectivity index (χ0n) is 12.5. The molecule has 120 valence electrons. The molecular formula is C15H20N2O4S. The number of aromatic nitrogens is 1. The van der Waals surface area contributed by atoms with Gasteiger partial charge in [-0.3, -0.25) is 4.57 Å². The SMILES string of the molecule is Cn1c(=O)oc2ccc(S(=O)(=O)NC3CCCCCC3)cc21. The number of nitrogens with one attached hydrogen (secondary N) is 1. The van der Waals surface area contributed by atoms with Crippen LogP contribution in [0.1, 0.15) is 38.5 Å². The second kappa shape index (κ2) is 5.89. The Labute approximate surface area is 129 Å². The molecule has 3 rings (SSSR count). The van der Waals surface area contributed by atoms with E-state index in [1.54, 1.807) is 7.05 Å². The van der Waals surface area contributed by atoms with E-state index in [1.165, 1.54) is 35.6 Å². The summed E-state index contributed by atoms with van der Waals surface area (Å²) in [5.74, 6) is -0.499. The molecule has 1 saturated carbocycles. The van der Waals surface area contributed by atoms with E-state index in [4.69, 9.17) is 4.42 Å². The summed E-state index contributed by atoms with van der Waals surface area (Å²) in [5, 5.41) is 0. The van der Waals surface area contributed by atoms with Gasteiger partial charge in [-0.05, 0) is 31.0 Å². The summed E-state index contributed by atoms with van der Waals surface area (Å²) in [5.41, 5.74) is 0.870. The Morgan fingerprint density at radius 1 is 1.18 bits per heavy atom. The van der Waals surface area contributed by atoms with Crippen LogP contribution in [-0.2, 0) is 17.1 Å². The fourth-order valence-corrected chi connectivity index (χ4v) is 4.28. The number of benzene rings is 1. The summed E-state index contributed by atoms with van der Waals surface area (Å²) < 4.78 is 34.2. The van der Waals surface area contributed by atoms with E-state index in [0.717, 1.165) is 25.7 Å². The quantitative estimate of drug-likeness (QED) is 0.877. The van der Waals surface area contributed by atoms with Crippen LogP contribution in [0.3, 0.4) is 0 Å². The van der Waals surface area contributed by atoms with Crippen LogP contribution < -0.4 is 10.5 Å². The minimum atomic E-state index is -3.58. The molecule has 0 amide bonds. The minimum Gasteiger partial charge on any atom is -0.408 e. The maximum Gasteiger partial charge on any atom is 0.419 e. The van der Waals surface area contributed by atoms with E-state index in [-0.39, 0.29) is 10.9 Å². The van der Waals surface area contributed by atoms with Crippen molar-refractivity contribution in [3.63, 3.8) is 0 Å². The maximum atomic E-state index is 12.5. The molecule has 1 aliphatic carbocycles.